The van der Waals surface area contributed by atoms with Crippen LogP contribution in [0.2, 0.25) is 0 Å². The summed E-state index contributed by atoms with van der Waals surface area (Å²) in [4.78, 5) is 11.6. The van der Waals surface area contributed by atoms with Gasteiger partial charge in [-0.3, -0.25) is 0 Å². The lowest BCUT2D eigenvalue weighted by atomic mass is 9.98. The first-order valence-corrected chi connectivity index (χ1v) is 5.43. The summed E-state index contributed by atoms with van der Waals surface area (Å²) in [5.41, 5.74) is 0.844. The molecule has 84 valence electrons. The molecule has 0 atom stereocenters. The molecule has 3 nitrogen and oxygen atoms in total. The third-order valence-corrected chi connectivity index (χ3v) is 2.79. The Labute approximate surface area is 98.1 Å². The fraction of sp³-hybridized carbons (Fsp3) is 0.250. The number of rotatable bonds is 1. The molecule has 0 fully saturated rings. The zero-order valence-electron chi connectivity index (χ0n) is 9.02. The van der Waals surface area contributed by atoms with Crippen LogP contribution >= 0.6 is 12.6 Å². The van der Waals surface area contributed by atoms with Crippen LogP contribution in [0.15, 0.2) is 32.3 Å². The Morgan fingerprint density at radius 3 is 2.62 bits per heavy atom. The lowest BCUT2D eigenvalue weighted by Gasteiger charge is -2.10. The van der Waals surface area contributed by atoms with E-state index in [1.54, 1.807) is 12.1 Å². The first kappa shape index (κ1) is 11.1. The van der Waals surface area contributed by atoms with Gasteiger partial charge in [-0.05, 0) is 23.6 Å². The maximum atomic E-state index is 11.3. The van der Waals surface area contributed by atoms with Crippen LogP contribution in [-0.4, -0.2) is 5.11 Å². The predicted octanol–water partition coefficient (Wildman–Crippen LogP) is 2.91. The molecule has 0 saturated heterocycles. The minimum absolute atomic E-state index is 0.103. The first-order chi connectivity index (χ1) is 7.49. The van der Waals surface area contributed by atoms with Crippen LogP contribution in [0.4, 0.5) is 0 Å². The number of fused-ring (bicyclic) bond motifs is 1. The van der Waals surface area contributed by atoms with Crippen LogP contribution in [0.25, 0.3) is 11.0 Å². The normalized spacial score (nSPS) is 11.2. The number of benzene rings is 1. The Kier molecular flexibility index (Phi) is 2.68. The van der Waals surface area contributed by atoms with E-state index in [9.17, 15) is 9.90 Å². The maximum absolute atomic E-state index is 11.3. The van der Waals surface area contributed by atoms with E-state index >= 15 is 0 Å². The zero-order chi connectivity index (χ0) is 11.9. The number of thiol groups is 1. The molecule has 1 aromatic heterocycles. The van der Waals surface area contributed by atoms with Gasteiger partial charge in [-0.1, -0.05) is 13.8 Å². The van der Waals surface area contributed by atoms with Crippen LogP contribution in [0.3, 0.4) is 0 Å². The molecular weight excluding hydrogens is 224 g/mol. The summed E-state index contributed by atoms with van der Waals surface area (Å²) in [5.74, 6) is 0.335. The minimum atomic E-state index is -0.490. The summed E-state index contributed by atoms with van der Waals surface area (Å²) in [6.07, 6.45) is 0. The molecule has 2 aromatic rings. The van der Waals surface area contributed by atoms with Crippen molar-refractivity contribution in [1.82, 2.24) is 0 Å². The number of hydrogen-bond donors (Lipinski definition) is 2. The molecule has 1 N–H and O–H groups in total. The van der Waals surface area contributed by atoms with Gasteiger partial charge in [0.15, 0.2) is 0 Å². The number of aromatic hydroxyl groups is 1. The summed E-state index contributed by atoms with van der Waals surface area (Å²) in [6.45, 7) is 4.02. The van der Waals surface area contributed by atoms with Crippen LogP contribution in [0.1, 0.15) is 25.3 Å². The Morgan fingerprint density at radius 1 is 1.31 bits per heavy atom. The molecule has 16 heavy (non-hydrogen) atoms. The van der Waals surface area contributed by atoms with E-state index in [4.69, 9.17) is 4.42 Å². The third kappa shape index (κ3) is 1.80. The quantitative estimate of drug-likeness (QED) is 0.591. The van der Waals surface area contributed by atoms with E-state index < -0.39 is 5.63 Å². The van der Waals surface area contributed by atoms with Crippen molar-refractivity contribution < 1.29 is 9.52 Å². The lowest BCUT2D eigenvalue weighted by Crippen LogP contribution is -2.01. The second-order valence-corrected chi connectivity index (χ2v) is 4.50. The largest absolute Gasteiger partial charge is 0.508 e. The topological polar surface area (TPSA) is 50.4 Å². The molecule has 0 spiro atoms. The number of hydrogen-bond acceptors (Lipinski definition) is 4. The van der Waals surface area contributed by atoms with Crippen molar-refractivity contribution in [3.63, 3.8) is 0 Å². The monoisotopic (exact) mass is 236 g/mol. The second kappa shape index (κ2) is 3.87. The zero-order valence-corrected chi connectivity index (χ0v) is 9.91. The highest BCUT2D eigenvalue weighted by atomic mass is 32.1. The van der Waals surface area contributed by atoms with Crippen molar-refractivity contribution in [2.45, 2.75) is 24.7 Å². The number of phenolic OH excluding ortho intramolecular Hbond substituents is 1. The van der Waals surface area contributed by atoms with E-state index in [0.717, 1.165) is 10.9 Å². The SMILES string of the molecule is CC(C)c1cc(O)cc2oc(=O)c(S)cc12. The third-order valence-electron chi connectivity index (χ3n) is 2.47. The Balaban J connectivity index is 2.90. The number of phenols is 1. The predicted molar refractivity (Wildman–Crippen MR) is 65.5 cm³/mol. The van der Waals surface area contributed by atoms with Gasteiger partial charge in [0.05, 0.1) is 4.90 Å². The molecule has 0 saturated carbocycles. The van der Waals surface area contributed by atoms with Crippen molar-refractivity contribution in [2.24, 2.45) is 0 Å². The standard InChI is InChI=1S/C12H12O3S/c1-6(2)8-3-7(13)4-10-9(8)5-11(16)12(14)15-10/h3-6,13,16H,1-2H3. The van der Waals surface area contributed by atoms with Crippen molar-refractivity contribution in [3.8, 4) is 5.75 Å². The Hall–Kier alpha value is -1.42. The molecular formula is C12H12O3S. The molecule has 2 rings (SSSR count). The van der Waals surface area contributed by atoms with Gasteiger partial charge in [-0.15, -0.1) is 12.6 Å². The van der Waals surface area contributed by atoms with E-state index in [-0.39, 0.29) is 16.6 Å². The van der Waals surface area contributed by atoms with Gasteiger partial charge in [-0.2, -0.15) is 0 Å². The Bertz CT molecular complexity index is 599. The van der Waals surface area contributed by atoms with Gasteiger partial charge in [0, 0.05) is 11.5 Å². The van der Waals surface area contributed by atoms with Crippen molar-refractivity contribution >= 4 is 23.6 Å². The van der Waals surface area contributed by atoms with Crippen LogP contribution in [0.5, 0.6) is 5.75 Å². The van der Waals surface area contributed by atoms with Crippen molar-refractivity contribution in [3.05, 3.63) is 34.2 Å². The van der Waals surface area contributed by atoms with E-state index in [2.05, 4.69) is 12.6 Å². The van der Waals surface area contributed by atoms with E-state index in [0.29, 0.717) is 5.58 Å². The molecule has 1 aromatic carbocycles. The van der Waals surface area contributed by atoms with Gasteiger partial charge in [0.25, 0.3) is 0 Å². The highest BCUT2D eigenvalue weighted by Gasteiger charge is 2.11. The summed E-state index contributed by atoms with van der Waals surface area (Å²) < 4.78 is 5.07. The van der Waals surface area contributed by atoms with Gasteiger partial charge < -0.3 is 9.52 Å². The summed E-state index contributed by atoms with van der Waals surface area (Å²) >= 11 is 4.05. The minimum Gasteiger partial charge on any atom is -0.508 e. The average Bonchev–Trinajstić information content (AvgIpc) is 2.19. The van der Waals surface area contributed by atoms with Crippen LogP contribution < -0.4 is 5.63 Å². The molecule has 0 radical (unpaired) electrons. The molecule has 0 aliphatic heterocycles. The molecule has 0 amide bonds. The first-order valence-electron chi connectivity index (χ1n) is 4.99. The molecule has 4 heteroatoms. The van der Waals surface area contributed by atoms with Crippen LogP contribution in [-0.2, 0) is 0 Å². The fourth-order valence-electron chi connectivity index (χ4n) is 1.70. The molecule has 0 bridgehead atoms. The molecule has 0 aliphatic rings. The summed E-state index contributed by atoms with van der Waals surface area (Å²) in [7, 11) is 0. The van der Waals surface area contributed by atoms with Gasteiger partial charge in [0.1, 0.15) is 11.3 Å². The molecule has 0 aliphatic carbocycles. The maximum Gasteiger partial charge on any atom is 0.349 e. The lowest BCUT2D eigenvalue weighted by molar-refractivity contribution is 0.471. The smallest absolute Gasteiger partial charge is 0.349 e. The Morgan fingerprint density at radius 2 is 2.00 bits per heavy atom. The van der Waals surface area contributed by atoms with Gasteiger partial charge in [-0.25, -0.2) is 4.79 Å². The molecule has 1 heterocycles. The molecule has 0 unspecified atom stereocenters. The van der Waals surface area contributed by atoms with Crippen LogP contribution in [0, 0.1) is 0 Å². The van der Waals surface area contributed by atoms with Crippen molar-refractivity contribution in [2.75, 3.05) is 0 Å². The van der Waals surface area contributed by atoms with Gasteiger partial charge >= 0.3 is 5.63 Å². The summed E-state index contributed by atoms with van der Waals surface area (Å²) in [5, 5.41) is 10.4. The van der Waals surface area contributed by atoms with Crippen molar-refractivity contribution in [1.29, 1.82) is 0 Å². The average molecular weight is 236 g/mol. The second-order valence-electron chi connectivity index (χ2n) is 4.02. The van der Waals surface area contributed by atoms with E-state index in [1.807, 2.05) is 13.8 Å². The summed E-state index contributed by atoms with van der Waals surface area (Å²) in [6, 6.07) is 4.80. The highest BCUT2D eigenvalue weighted by molar-refractivity contribution is 7.80. The van der Waals surface area contributed by atoms with Gasteiger partial charge in [0.2, 0.25) is 0 Å². The fourth-order valence-corrected chi connectivity index (χ4v) is 1.87. The highest BCUT2D eigenvalue weighted by Crippen LogP contribution is 2.30. The van der Waals surface area contributed by atoms with E-state index in [1.165, 1.54) is 6.07 Å².